The number of anilines is 2. The van der Waals surface area contributed by atoms with Gasteiger partial charge in [-0.15, -0.1) is 0 Å². The first kappa shape index (κ1) is 16.1. The van der Waals surface area contributed by atoms with Crippen LogP contribution in [-0.4, -0.2) is 23.3 Å². The van der Waals surface area contributed by atoms with Crippen molar-refractivity contribution in [3.63, 3.8) is 0 Å². The van der Waals surface area contributed by atoms with Crippen molar-refractivity contribution in [1.29, 1.82) is 0 Å². The Morgan fingerprint density at radius 3 is 2.54 bits per heavy atom. The number of nitrogens with zero attached hydrogens (tertiary/aromatic N) is 2. The predicted octanol–water partition coefficient (Wildman–Crippen LogP) is 3.40. The minimum atomic E-state index is 0.0422. The van der Waals surface area contributed by atoms with Crippen LogP contribution in [0.2, 0.25) is 0 Å². The molecule has 1 heterocycles. The first-order chi connectivity index (χ1) is 11.6. The Balaban J connectivity index is 1.60. The van der Waals surface area contributed by atoms with Crippen LogP contribution >= 0.6 is 12.2 Å². The van der Waals surface area contributed by atoms with Crippen molar-refractivity contribution in [1.82, 2.24) is 5.43 Å². The molecule has 1 saturated heterocycles. The maximum atomic E-state index is 11.3. The Hall–Kier alpha value is -2.73. The fraction of sp³-hybridized carbons (Fsp3) is 0.167. The van der Waals surface area contributed by atoms with Gasteiger partial charge in [-0.2, -0.15) is 0 Å². The van der Waals surface area contributed by atoms with E-state index in [-0.39, 0.29) is 5.78 Å². The van der Waals surface area contributed by atoms with Gasteiger partial charge < -0.3 is 5.32 Å². The number of hydrogen-bond donors (Lipinski definition) is 2. The molecule has 0 spiro atoms. The Morgan fingerprint density at radius 1 is 1.17 bits per heavy atom. The largest absolute Gasteiger partial charge is 0.331 e. The first-order valence-corrected chi connectivity index (χ1v) is 8.11. The molecule has 6 heteroatoms. The standard InChI is InChI=1S/C18H18N4OS/c1-13(23)14-7-9-15(10-8-14)19-18(24)20-17-11-12-22(21-17)16-5-3-2-4-6-16/h2-10H,11-12H2,1H3,(H2,19,20,21,24). The van der Waals surface area contributed by atoms with Crippen LogP contribution in [0.25, 0.3) is 0 Å². The summed E-state index contributed by atoms with van der Waals surface area (Å²) in [5.74, 6) is 0.872. The predicted molar refractivity (Wildman–Crippen MR) is 102 cm³/mol. The van der Waals surface area contributed by atoms with Crippen LogP contribution in [0, 0.1) is 0 Å². The average Bonchev–Trinajstić information content (AvgIpc) is 3.04. The Kier molecular flexibility index (Phi) is 4.86. The van der Waals surface area contributed by atoms with Crippen molar-refractivity contribution >= 4 is 40.3 Å². The molecule has 0 atom stereocenters. The molecule has 2 aromatic carbocycles. The number of amidine groups is 1. The highest BCUT2D eigenvalue weighted by Crippen LogP contribution is 2.15. The van der Waals surface area contributed by atoms with E-state index in [1.54, 1.807) is 19.1 Å². The zero-order chi connectivity index (χ0) is 16.9. The van der Waals surface area contributed by atoms with E-state index < -0.39 is 0 Å². The van der Waals surface area contributed by atoms with Crippen LogP contribution in [0.3, 0.4) is 0 Å². The number of aliphatic imine (C=N–C) groups is 1. The number of hydrazine groups is 1. The van der Waals surface area contributed by atoms with E-state index in [1.807, 2.05) is 47.5 Å². The zero-order valence-electron chi connectivity index (χ0n) is 13.3. The zero-order valence-corrected chi connectivity index (χ0v) is 14.1. The van der Waals surface area contributed by atoms with Gasteiger partial charge in [0.1, 0.15) is 5.84 Å². The summed E-state index contributed by atoms with van der Waals surface area (Å²) in [5.41, 5.74) is 5.84. The molecule has 5 nitrogen and oxygen atoms in total. The van der Waals surface area contributed by atoms with Gasteiger partial charge in [-0.3, -0.25) is 15.2 Å². The van der Waals surface area contributed by atoms with Crippen LogP contribution in [0.4, 0.5) is 11.4 Å². The highest BCUT2D eigenvalue weighted by molar-refractivity contribution is 7.80. The first-order valence-electron chi connectivity index (χ1n) is 7.70. The number of Topliss-reactive ketones (excluding diaryl/α,β-unsaturated/α-hetero) is 1. The molecule has 1 fully saturated rings. The lowest BCUT2D eigenvalue weighted by atomic mass is 10.1. The van der Waals surface area contributed by atoms with Crippen molar-refractivity contribution in [2.45, 2.75) is 13.3 Å². The number of carbonyl (C=O) groups is 1. The van der Waals surface area contributed by atoms with E-state index in [1.165, 1.54) is 0 Å². The summed E-state index contributed by atoms with van der Waals surface area (Å²) in [6.45, 7) is 2.39. The summed E-state index contributed by atoms with van der Waals surface area (Å²) in [5, 5.41) is 5.50. The van der Waals surface area contributed by atoms with Crippen LogP contribution in [-0.2, 0) is 0 Å². The second kappa shape index (κ2) is 7.23. The number of nitrogens with one attached hydrogen (secondary N) is 2. The molecule has 2 aromatic rings. The molecule has 0 aliphatic carbocycles. The van der Waals surface area contributed by atoms with E-state index in [2.05, 4.69) is 15.7 Å². The molecule has 0 amide bonds. The SMILES string of the molecule is CC(=O)c1ccc(NC(=S)/N=C2/CCN(c3ccccc3)N2)cc1. The van der Waals surface area contributed by atoms with Gasteiger partial charge in [0.15, 0.2) is 10.9 Å². The Morgan fingerprint density at radius 2 is 1.88 bits per heavy atom. The summed E-state index contributed by atoms with van der Waals surface area (Å²) in [6.07, 6.45) is 0.806. The van der Waals surface area contributed by atoms with Gasteiger partial charge in [-0.05, 0) is 55.5 Å². The lowest BCUT2D eigenvalue weighted by molar-refractivity contribution is 0.101. The smallest absolute Gasteiger partial charge is 0.198 e. The van der Waals surface area contributed by atoms with Gasteiger partial charge in [0.2, 0.25) is 0 Å². The molecule has 0 aromatic heterocycles. The molecular formula is C18H18N4OS. The van der Waals surface area contributed by atoms with E-state index in [4.69, 9.17) is 12.2 Å². The summed E-state index contributed by atoms with van der Waals surface area (Å²) < 4.78 is 0. The summed E-state index contributed by atoms with van der Waals surface area (Å²) in [7, 11) is 0. The summed E-state index contributed by atoms with van der Waals surface area (Å²) in [6, 6.07) is 17.3. The molecular weight excluding hydrogens is 320 g/mol. The maximum Gasteiger partial charge on any atom is 0.198 e. The second-order valence-corrected chi connectivity index (χ2v) is 5.86. The number of rotatable bonds is 3. The van der Waals surface area contributed by atoms with Gasteiger partial charge in [0.25, 0.3) is 0 Å². The van der Waals surface area contributed by atoms with Crippen LogP contribution in [0.15, 0.2) is 59.6 Å². The maximum absolute atomic E-state index is 11.3. The van der Waals surface area contributed by atoms with Gasteiger partial charge in [-0.1, -0.05) is 18.2 Å². The molecule has 1 aliphatic heterocycles. The molecule has 2 N–H and O–H groups in total. The van der Waals surface area contributed by atoms with Gasteiger partial charge >= 0.3 is 0 Å². The average molecular weight is 338 g/mol. The molecule has 24 heavy (non-hydrogen) atoms. The number of para-hydroxylation sites is 1. The number of ketones is 1. The van der Waals surface area contributed by atoms with Crippen molar-refractivity contribution in [2.75, 3.05) is 16.9 Å². The van der Waals surface area contributed by atoms with Crippen molar-refractivity contribution < 1.29 is 4.79 Å². The fourth-order valence-corrected chi connectivity index (χ4v) is 2.66. The van der Waals surface area contributed by atoms with Gasteiger partial charge in [0.05, 0.1) is 5.69 Å². The summed E-state index contributed by atoms with van der Waals surface area (Å²) in [4.78, 5) is 15.7. The Labute approximate surface area is 146 Å². The van der Waals surface area contributed by atoms with Gasteiger partial charge in [-0.25, -0.2) is 4.99 Å². The molecule has 0 unspecified atom stereocenters. The monoisotopic (exact) mass is 338 g/mol. The van der Waals surface area contributed by atoms with Crippen molar-refractivity contribution in [2.24, 2.45) is 4.99 Å². The number of benzene rings is 2. The highest BCUT2D eigenvalue weighted by atomic mass is 32.1. The second-order valence-electron chi connectivity index (χ2n) is 5.47. The molecule has 0 radical (unpaired) electrons. The third kappa shape index (κ3) is 3.97. The normalized spacial score (nSPS) is 15.2. The van der Waals surface area contributed by atoms with E-state index in [9.17, 15) is 4.79 Å². The molecule has 0 bridgehead atoms. The molecule has 1 aliphatic rings. The van der Waals surface area contributed by atoms with E-state index in [0.29, 0.717) is 10.7 Å². The minimum Gasteiger partial charge on any atom is -0.331 e. The van der Waals surface area contributed by atoms with Gasteiger partial charge in [0, 0.05) is 24.2 Å². The van der Waals surface area contributed by atoms with Crippen LogP contribution in [0.1, 0.15) is 23.7 Å². The van der Waals surface area contributed by atoms with Crippen LogP contribution in [0.5, 0.6) is 0 Å². The molecule has 3 rings (SSSR count). The molecule has 0 saturated carbocycles. The number of carbonyl (C=O) groups excluding carboxylic acids is 1. The third-order valence-corrected chi connectivity index (χ3v) is 3.88. The topological polar surface area (TPSA) is 56.7 Å². The third-order valence-electron chi connectivity index (χ3n) is 3.68. The number of hydrogen-bond acceptors (Lipinski definition) is 3. The van der Waals surface area contributed by atoms with Crippen LogP contribution < -0.4 is 15.8 Å². The quantitative estimate of drug-likeness (QED) is 0.663. The summed E-state index contributed by atoms with van der Waals surface area (Å²) >= 11 is 5.29. The Bertz CT molecular complexity index is 771. The number of thiocarbonyl (C=S) groups is 1. The van der Waals surface area contributed by atoms with Crippen molar-refractivity contribution in [3.8, 4) is 0 Å². The highest BCUT2D eigenvalue weighted by Gasteiger charge is 2.17. The lowest BCUT2D eigenvalue weighted by Gasteiger charge is -2.17. The van der Waals surface area contributed by atoms with Crippen molar-refractivity contribution in [3.05, 3.63) is 60.2 Å². The minimum absolute atomic E-state index is 0.0422. The van der Waals surface area contributed by atoms with E-state index in [0.717, 1.165) is 30.2 Å². The molecule has 122 valence electrons. The van der Waals surface area contributed by atoms with E-state index >= 15 is 0 Å². The lowest BCUT2D eigenvalue weighted by Crippen LogP contribution is -2.33. The fourth-order valence-electron chi connectivity index (χ4n) is 2.43.